The lowest BCUT2D eigenvalue weighted by molar-refractivity contribution is -0.0103. The summed E-state index contributed by atoms with van der Waals surface area (Å²) in [5.41, 5.74) is 3.34. The standard InChI is InChI=1S/C21H23F2N3O4S/c1-12-17(31-11-24-12)9-29-14-3-4-16-15(7-14)19(13(2)30-16)20(28)25-18-8-26(5-6-27)10-21(18,22)23/h3-4,7,11,18,27H,5-6,8-10H2,1-2H3,(H,25,28). The maximum atomic E-state index is 14.3. The highest BCUT2D eigenvalue weighted by molar-refractivity contribution is 7.09. The second-order valence-electron chi connectivity index (χ2n) is 7.59. The molecule has 1 unspecified atom stereocenters. The van der Waals surface area contributed by atoms with Crippen molar-refractivity contribution in [3.05, 3.63) is 45.6 Å². The summed E-state index contributed by atoms with van der Waals surface area (Å²) in [5, 5.41) is 12.0. The van der Waals surface area contributed by atoms with Crippen LogP contribution in [0.1, 0.15) is 26.7 Å². The fourth-order valence-corrected chi connectivity index (χ4v) is 4.43. The summed E-state index contributed by atoms with van der Waals surface area (Å²) in [6.07, 6.45) is 0. The van der Waals surface area contributed by atoms with Gasteiger partial charge in [0.15, 0.2) is 0 Å². The summed E-state index contributed by atoms with van der Waals surface area (Å²) in [7, 11) is 0. The van der Waals surface area contributed by atoms with Crippen molar-refractivity contribution in [1.29, 1.82) is 0 Å². The number of halogens is 2. The van der Waals surface area contributed by atoms with Crippen LogP contribution in [0.4, 0.5) is 8.78 Å². The number of carbonyl (C=O) groups excluding carboxylic acids is 1. The third-order valence-electron chi connectivity index (χ3n) is 5.38. The predicted octanol–water partition coefficient (Wildman–Crippen LogP) is 3.13. The van der Waals surface area contributed by atoms with Crippen LogP contribution < -0.4 is 10.1 Å². The molecule has 0 bridgehead atoms. The van der Waals surface area contributed by atoms with Crippen LogP contribution in [0.3, 0.4) is 0 Å². The number of benzene rings is 1. The quantitative estimate of drug-likeness (QED) is 0.574. The van der Waals surface area contributed by atoms with E-state index in [2.05, 4.69) is 10.3 Å². The number of aliphatic hydroxyl groups is 1. The molecule has 0 radical (unpaired) electrons. The first-order chi connectivity index (χ1) is 14.8. The number of furan rings is 1. The average Bonchev–Trinajstić information content (AvgIpc) is 3.34. The van der Waals surface area contributed by atoms with Crippen LogP contribution in [-0.2, 0) is 6.61 Å². The van der Waals surface area contributed by atoms with E-state index in [4.69, 9.17) is 14.3 Å². The van der Waals surface area contributed by atoms with Crippen LogP contribution in [0.15, 0.2) is 28.1 Å². The molecule has 0 aliphatic carbocycles. The van der Waals surface area contributed by atoms with Gasteiger partial charge in [0.2, 0.25) is 0 Å². The minimum Gasteiger partial charge on any atom is -0.488 e. The fraction of sp³-hybridized carbons (Fsp3) is 0.429. The Bertz CT molecular complexity index is 1100. The van der Waals surface area contributed by atoms with Gasteiger partial charge in [0, 0.05) is 18.5 Å². The molecule has 1 amide bonds. The van der Waals surface area contributed by atoms with Gasteiger partial charge in [-0.3, -0.25) is 9.69 Å². The van der Waals surface area contributed by atoms with Crippen LogP contribution in [0, 0.1) is 13.8 Å². The van der Waals surface area contributed by atoms with E-state index in [9.17, 15) is 13.6 Å². The molecule has 2 N–H and O–H groups in total. The smallest absolute Gasteiger partial charge is 0.281 e. The van der Waals surface area contributed by atoms with E-state index >= 15 is 0 Å². The zero-order valence-electron chi connectivity index (χ0n) is 17.2. The largest absolute Gasteiger partial charge is 0.488 e. The molecule has 31 heavy (non-hydrogen) atoms. The van der Waals surface area contributed by atoms with E-state index in [0.717, 1.165) is 10.6 Å². The van der Waals surface area contributed by atoms with Crippen molar-refractivity contribution < 1.29 is 27.8 Å². The van der Waals surface area contributed by atoms with Crippen LogP contribution in [0.25, 0.3) is 11.0 Å². The number of ether oxygens (including phenoxy) is 1. The second kappa shape index (κ2) is 8.52. The Balaban J connectivity index is 1.54. The van der Waals surface area contributed by atoms with Crippen LogP contribution in [0.5, 0.6) is 5.75 Å². The average molecular weight is 451 g/mol. The number of fused-ring (bicyclic) bond motifs is 1. The molecule has 1 fully saturated rings. The van der Waals surface area contributed by atoms with Gasteiger partial charge in [-0.25, -0.2) is 13.8 Å². The Morgan fingerprint density at radius 1 is 1.45 bits per heavy atom. The van der Waals surface area contributed by atoms with Crippen LogP contribution in [0.2, 0.25) is 0 Å². The Morgan fingerprint density at radius 2 is 2.26 bits per heavy atom. The Morgan fingerprint density at radius 3 is 2.97 bits per heavy atom. The highest BCUT2D eigenvalue weighted by Crippen LogP contribution is 2.32. The number of nitrogens with one attached hydrogen (secondary N) is 1. The third-order valence-corrected chi connectivity index (χ3v) is 6.29. The Kier molecular flexibility index (Phi) is 5.96. The molecule has 10 heteroatoms. The SMILES string of the molecule is Cc1ncsc1COc1ccc2oc(C)c(C(=O)NC3CN(CCO)CC3(F)F)c2c1. The number of likely N-dealkylation sites (tertiary alicyclic amines) is 1. The van der Waals surface area contributed by atoms with Crippen molar-refractivity contribution in [2.24, 2.45) is 0 Å². The highest BCUT2D eigenvalue weighted by Gasteiger charge is 2.48. The van der Waals surface area contributed by atoms with E-state index in [1.807, 2.05) is 6.92 Å². The number of hydrogen-bond donors (Lipinski definition) is 2. The molecule has 4 rings (SSSR count). The molecule has 1 atom stereocenters. The van der Waals surface area contributed by atoms with Gasteiger partial charge in [-0.15, -0.1) is 11.3 Å². The summed E-state index contributed by atoms with van der Waals surface area (Å²) < 4.78 is 40.2. The van der Waals surface area contributed by atoms with E-state index < -0.39 is 24.4 Å². The van der Waals surface area contributed by atoms with E-state index in [1.54, 1.807) is 30.6 Å². The molecular weight excluding hydrogens is 428 g/mol. The normalized spacial score (nSPS) is 18.5. The number of aromatic nitrogens is 1. The number of carbonyl (C=O) groups is 1. The van der Waals surface area contributed by atoms with Crippen molar-refractivity contribution in [2.75, 3.05) is 26.2 Å². The molecule has 0 spiro atoms. The monoisotopic (exact) mass is 451 g/mol. The molecule has 1 saturated heterocycles. The first-order valence-electron chi connectivity index (χ1n) is 9.85. The number of rotatable bonds is 7. The summed E-state index contributed by atoms with van der Waals surface area (Å²) >= 11 is 1.50. The maximum absolute atomic E-state index is 14.3. The van der Waals surface area contributed by atoms with Crippen molar-refractivity contribution >= 4 is 28.2 Å². The summed E-state index contributed by atoms with van der Waals surface area (Å²) in [6, 6.07) is 3.77. The first-order valence-corrected chi connectivity index (χ1v) is 10.7. The van der Waals surface area contributed by atoms with Gasteiger partial charge in [-0.05, 0) is 32.0 Å². The number of aryl methyl sites for hydroxylation is 2. The first kappa shape index (κ1) is 21.7. The minimum atomic E-state index is -3.08. The third kappa shape index (κ3) is 4.41. The number of alkyl halides is 2. The van der Waals surface area contributed by atoms with Crippen molar-refractivity contribution in [1.82, 2.24) is 15.2 Å². The van der Waals surface area contributed by atoms with Crippen molar-refractivity contribution in [3.63, 3.8) is 0 Å². The number of thiazole rings is 1. The molecule has 0 saturated carbocycles. The summed E-state index contributed by atoms with van der Waals surface area (Å²) in [6.45, 7) is 3.26. The zero-order valence-corrected chi connectivity index (χ0v) is 18.0. The molecule has 2 aromatic heterocycles. The molecule has 1 aromatic carbocycles. The molecule has 1 aliphatic heterocycles. The number of β-amino-alcohol motifs (C(OH)–C–C–N with tert-alkyl or cyclic N) is 1. The minimum absolute atomic E-state index is 0.0311. The number of aliphatic hydroxyl groups excluding tert-OH is 1. The van der Waals surface area contributed by atoms with Crippen LogP contribution in [-0.4, -0.2) is 59.1 Å². The number of hydrogen-bond acceptors (Lipinski definition) is 7. The molecule has 1 aliphatic rings. The Labute approximate surface area is 181 Å². The Hall–Kier alpha value is -2.56. The zero-order chi connectivity index (χ0) is 22.2. The lowest BCUT2D eigenvalue weighted by Crippen LogP contribution is -2.46. The lowest BCUT2D eigenvalue weighted by atomic mass is 10.1. The topological polar surface area (TPSA) is 87.8 Å². The van der Waals surface area contributed by atoms with Gasteiger partial charge in [0.05, 0.1) is 34.8 Å². The van der Waals surface area contributed by atoms with Gasteiger partial charge in [-0.2, -0.15) is 0 Å². The predicted molar refractivity (Wildman–Crippen MR) is 112 cm³/mol. The molecule has 7 nitrogen and oxygen atoms in total. The molecule has 3 aromatic rings. The maximum Gasteiger partial charge on any atom is 0.281 e. The van der Waals surface area contributed by atoms with Gasteiger partial charge >= 0.3 is 0 Å². The second-order valence-corrected chi connectivity index (χ2v) is 8.53. The van der Waals surface area contributed by atoms with Crippen LogP contribution >= 0.6 is 11.3 Å². The fourth-order valence-electron chi connectivity index (χ4n) is 3.74. The molecule has 3 heterocycles. The highest BCUT2D eigenvalue weighted by atomic mass is 32.1. The van der Waals surface area contributed by atoms with Gasteiger partial charge in [-0.1, -0.05) is 0 Å². The van der Waals surface area contributed by atoms with E-state index in [1.165, 1.54) is 16.2 Å². The van der Waals surface area contributed by atoms with E-state index in [0.29, 0.717) is 29.1 Å². The van der Waals surface area contributed by atoms with Gasteiger partial charge in [0.25, 0.3) is 11.8 Å². The van der Waals surface area contributed by atoms with Gasteiger partial charge in [0.1, 0.15) is 29.7 Å². The molecular formula is C21H23F2N3O4S. The van der Waals surface area contributed by atoms with E-state index in [-0.39, 0.29) is 25.3 Å². The number of amides is 1. The van der Waals surface area contributed by atoms with Gasteiger partial charge < -0.3 is 19.6 Å². The molecule has 166 valence electrons. The summed E-state index contributed by atoms with van der Waals surface area (Å²) in [4.78, 5) is 19.5. The lowest BCUT2D eigenvalue weighted by Gasteiger charge is -2.19. The van der Waals surface area contributed by atoms with Crippen molar-refractivity contribution in [3.8, 4) is 5.75 Å². The number of nitrogens with zero attached hydrogens (tertiary/aromatic N) is 2. The summed E-state index contributed by atoms with van der Waals surface area (Å²) in [5.74, 6) is -2.83. The van der Waals surface area contributed by atoms with Crippen molar-refractivity contribution in [2.45, 2.75) is 32.4 Å².